The van der Waals surface area contributed by atoms with Gasteiger partial charge in [-0.15, -0.1) is 0 Å². The summed E-state index contributed by atoms with van der Waals surface area (Å²) < 4.78 is 0. The molecular formula is C19H26ClN3O. The summed E-state index contributed by atoms with van der Waals surface area (Å²) in [7, 11) is 0. The van der Waals surface area contributed by atoms with Crippen molar-refractivity contribution in [1.29, 1.82) is 0 Å². The van der Waals surface area contributed by atoms with E-state index in [0.29, 0.717) is 17.7 Å². The third kappa shape index (κ3) is 3.07. The number of hydrogen-bond acceptors (Lipinski definition) is 3. The summed E-state index contributed by atoms with van der Waals surface area (Å²) in [6.45, 7) is 4.39. The topological polar surface area (TPSA) is 49.6 Å². The average molecular weight is 348 g/mol. The van der Waals surface area contributed by atoms with Crippen LogP contribution in [-0.4, -0.2) is 47.9 Å². The van der Waals surface area contributed by atoms with Crippen molar-refractivity contribution < 1.29 is 4.79 Å². The summed E-state index contributed by atoms with van der Waals surface area (Å²) in [6, 6.07) is 8.12. The second-order valence-corrected chi connectivity index (χ2v) is 8.10. The first kappa shape index (κ1) is 16.4. The third-order valence-electron chi connectivity index (χ3n) is 6.24. The molecule has 1 amide bonds. The first-order valence-electron chi connectivity index (χ1n) is 9.13. The average Bonchev–Trinajstić information content (AvgIpc) is 3.16. The summed E-state index contributed by atoms with van der Waals surface area (Å²) in [5.74, 6) is 1.54. The van der Waals surface area contributed by atoms with Crippen molar-refractivity contribution in [2.75, 3.05) is 26.2 Å². The zero-order valence-electron chi connectivity index (χ0n) is 14.0. The van der Waals surface area contributed by atoms with Gasteiger partial charge in [-0.25, -0.2) is 0 Å². The van der Waals surface area contributed by atoms with Crippen LogP contribution in [0.3, 0.4) is 0 Å². The SMILES string of the molecule is NC1C2CCC(C2)C1C(=O)N1CCN(Cc2cccc(Cl)c2)CC1. The molecule has 4 atom stereocenters. The van der Waals surface area contributed by atoms with E-state index in [4.69, 9.17) is 17.3 Å². The lowest BCUT2D eigenvalue weighted by Gasteiger charge is -2.38. The van der Waals surface area contributed by atoms with E-state index >= 15 is 0 Å². The summed E-state index contributed by atoms with van der Waals surface area (Å²) in [5.41, 5.74) is 7.58. The number of carbonyl (C=O) groups is 1. The van der Waals surface area contributed by atoms with E-state index < -0.39 is 0 Å². The Morgan fingerprint density at radius 1 is 1.17 bits per heavy atom. The van der Waals surface area contributed by atoms with E-state index in [0.717, 1.165) is 37.7 Å². The molecular weight excluding hydrogens is 322 g/mol. The van der Waals surface area contributed by atoms with Gasteiger partial charge in [0.05, 0.1) is 5.92 Å². The zero-order valence-corrected chi connectivity index (χ0v) is 14.8. The van der Waals surface area contributed by atoms with Crippen molar-refractivity contribution in [3.63, 3.8) is 0 Å². The fourth-order valence-corrected chi connectivity index (χ4v) is 5.15. The molecule has 1 saturated heterocycles. The monoisotopic (exact) mass is 347 g/mol. The molecule has 4 nitrogen and oxygen atoms in total. The molecule has 4 unspecified atom stereocenters. The first-order valence-corrected chi connectivity index (χ1v) is 9.51. The maximum atomic E-state index is 12.9. The number of benzene rings is 1. The van der Waals surface area contributed by atoms with Gasteiger partial charge in [-0.1, -0.05) is 23.7 Å². The number of amides is 1. The van der Waals surface area contributed by atoms with E-state index in [1.807, 2.05) is 18.2 Å². The van der Waals surface area contributed by atoms with Crippen molar-refractivity contribution >= 4 is 17.5 Å². The van der Waals surface area contributed by atoms with Gasteiger partial charge in [-0.3, -0.25) is 9.69 Å². The van der Waals surface area contributed by atoms with Crippen LogP contribution in [0.1, 0.15) is 24.8 Å². The van der Waals surface area contributed by atoms with Crippen LogP contribution in [0.15, 0.2) is 24.3 Å². The van der Waals surface area contributed by atoms with Gasteiger partial charge >= 0.3 is 0 Å². The van der Waals surface area contributed by atoms with Gasteiger partial charge in [-0.2, -0.15) is 0 Å². The molecule has 1 aliphatic heterocycles. The Kier molecular flexibility index (Phi) is 4.54. The smallest absolute Gasteiger partial charge is 0.227 e. The molecule has 4 rings (SSSR count). The fourth-order valence-electron chi connectivity index (χ4n) is 4.93. The number of carbonyl (C=O) groups excluding carboxylic acids is 1. The van der Waals surface area contributed by atoms with Crippen LogP contribution in [0.5, 0.6) is 0 Å². The Labute approximate surface area is 148 Å². The molecule has 2 aliphatic carbocycles. The summed E-state index contributed by atoms with van der Waals surface area (Å²) in [5, 5.41) is 0.784. The highest BCUT2D eigenvalue weighted by Gasteiger charge is 2.50. The molecule has 1 heterocycles. The minimum Gasteiger partial charge on any atom is -0.340 e. The Hall–Kier alpha value is -1.10. The predicted molar refractivity (Wildman–Crippen MR) is 95.6 cm³/mol. The molecule has 0 spiro atoms. The standard InChI is InChI=1S/C19H26ClN3O/c20-16-3-1-2-13(10-16)12-22-6-8-23(9-7-22)19(24)17-14-4-5-15(11-14)18(17)21/h1-3,10,14-15,17-18H,4-9,11-12,21H2. The van der Waals surface area contributed by atoms with Crippen molar-refractivity contribution in [3.05, 3.63) is 34.9 Å². The minimum absolute atomic E-state index is 0.0863. The summed E-state index contributed by atoms with van der Waals surface area (Å²) >= 11 is 6.06. The fraction of sp³-hybridized carbons (Fsp3) is 0.632. The van der Waals surface area contributed by atoms with Crippen molar-refractivity contribution in [2.45, 2.75) is 31.8 Å². The second kappa shape index (κ2) is 6.66. The van der Waals surface area contributed by atoms with Crippen molar-refractivity contribution in [2.24, 2.45) is 23.5 Å². The number of rotatable bonds is 3. The first-order chi connectivity index (χ1) is 11.6. The quantitative estimate of drug-likeness (QED) is 0.913. The van der Waals surface area contributed by atoms with Gasteiger partial charge in [-0.05, 0) is 48.8 Å². The van der Waals surface area contributed by atoms with Crippen molar-refractivity contribution in [1.82, 2.24) is 9.80 Å². The molecule has 2 N–H and O–H groups in total. The summed E-state index contributed by atoms with van der Waals surface area (Å²) in [4.78, 5) is 17.4. The van der Waals surface area contributed by atoms with Crippen LogP contribution in [0.25, 0.3) is 0 Å². The van der Waals surface area contributed by atoms with Crippen LogP contribution in [0, 0.1) is 17.8 Å². The maximum Gasteiger partial charge on any atom is 0.227 e. The van der Waals surface area contributed by atoms with Crippen molar-refractivity contribution in [3.8, 4) is 0 Å². The highest BCUT2D eigenvalue weighted by atomic mass is 35.5. The second-order valence-electron chi connectivity index (χ2n) is 7.67. The largest absolute Gasteiger partial charge is 0.340 e. The lowest BCUT2D eigenvalue weighted by molar-refractivity contribution is -0.139. The Balaban J connectivity index is 1.32. The van der Waals surface area contributed by atoms with E-state index in [1.54, 1.807) is 0 Å². The van der Waals surface area contributed by atoms with Crippen LogP contribution in [0.2, 0.25) is 5.02 Å². The maximum absolute atomic E-state index is 12.9. The molecule has 3 aliphatic rings. The molecule has 0 radical (unpaired) electrons. The lowest BCUT2D eigenvalue weighted by atomic mass is 9.84. The summed E-state index contributed by atoms with van der Waals surface area (Å²) in [6.07, 6.45) is 3.60. The highest BCUT2D eigenvalue weighted by molar-refractivity contribution is 6.30. The van der Waals surface area contributed by atoms with Gasteiger partial charge < -0.3 is 10.6 Å². The van der Waals surface area contributed by atoms with Gasteiger partial charge in [0.2, 0.25) is 5.91 Å². The molecule has 130 valence electrons. The van der Waals surface area contributed by atoms with Gasteiger partial charge in [0.15, 0.2) is 0 Å². The van der Waals surface area contributed by atoms with Gasteiger partial charge in [0.1, 0.15) is 0 Å². The van der Waals surface area contributed by atoms with E-state index in [-0.39, 0.29) is 12.0 Å². The number of nitrogens with zero attached hydrogens (tertiary/aromatic N) is 2. The number of halogens is 1. The Morgan fingerprint density at radius 2 is 1.92 bits per heavy atom. The molecule has 5 heteroatoms. The lowest BCUT2D eigenvalue weighted by Crippen LogP contribution is -2.53. The predicted octanol–water partition coefficient (Wildman–Crippen LogP) is 2.36. The molecule has 2 saturated carbocycles. The normalized spacial score (nSPS) is 33.2. The van der Waals surface area contributed by atoms with Crippen LogP contribution >= 0.6 is 11.6 Å². The number of fused-ring (bicyclic) bond motifs is 2. The van der Waals surface area contributed by atoms with Crippen LogP contribution in [-0.2, 0) is 11.3 Å². The molecule has 0 aromatic heterocycles. The molecule has 2 bridgehead atoms. The third-order valence-corrected chi connectivity index (χ3v) is 6.48. The molecule has 1 aromatic carbocycles. The Morgan fingerprint density at radius 3 is 2.58 bits per heavy atom. The Bertz CT molecular complexity index is 612. The van der Waals surface area contributed by atoms with E-state index in [9.17, 15) is 4.79 Å². The van der Waals surface area contributed by atoms with Gasteiger partial charge in [0, 0.05) is 43.8 Å². The molecule has 1 aromatic rings. The van der Waals surface area contributed by atoms with Crippen LogP contribution < -0.4 is 5.73 Å². The van der Waals surface area contributed by atoms with Gasteiger partial charge in [0.25, 0.3) is 0 Å². The highest BCUT2D eigenvalue weighted by Crippen LogP contribution is 2.48. The zero-order chi connectivity index (χ0) is 16.7. The number of nitrogens with two attached hydrogens (primary N) is 1. The van der Waals surface area contributed by atoms with Crippen LogP contribution in [0.4, 0.5) is 0 Å². The number of hydrogen-bond donors (Lipinski definition) is 1. The molecule has 3 fully saturated rings. The van der Waals surface area contributed by atoms with E-state index in [2.05, 4.69) is 15.9 Å². The van der Waals surface area contributed by atoms with E-state index in [1.165, 1.54) is 24.8 Å². The number of piperazine rings is 1. The molecule has 24 heavy (non-hydrogen) atoms. The minimum atomic E-state index is 0.0863.